The van der Waals surface area contributed by atoms with Gasteiger partial charge >= 0.3 is 0 Å². The number of benzene rings is 1. The van der Waals surface area contributed by atoms with E-state index in [0.717, 1.165) is 12.8 Å². The first-order valence-corrected chi connectivity index (χ1v) is 8.25. The lowest BCUT2D eigenvalue weighted by atomic mass is 10.0. The Hall–Kier alpha value is -0.780. The monoisotopic (exact) mass is 303 g/mol. The maximum absolute atomic E-state index is 12.4. The van der Waals surface area contributed by atoms with E-state index >= 15 is 0 Å². The highest BCUT2D eigenvalue weighted by molar-refractivity contribution is 7.89. The van der Waals surface area contributed by atoms with Crippen molar-refractivity contribution in [1.82, 2.24) is 4.31 Å². The van der Waals surface area contributed by atoms with Gasteiger partial charge in [-0.3, -0.25) is 0 Å². The number of ether oxygens (including phenoxy) is 1. The van der Waals surface area contributed by atoms with Crippen molar-refractivity contribution in [3.8, 4) is 5.75 Å². The second-order valence-electron chi connectivity index (χ2n) is 4.68. The Kier molecular flexibility index (Phi) is 4.71. The average Bonchev–Trinajstić information content (AvgIpc) is 2.47. The number of hydrogen-bond donors (Lipinski definition) is 0. The third-order valence-electron chi connectivity index (χ3n) is 3.49. The summed E-state index contributed by atoms with van der Waals surface area (Å²) in [5.41, 5.74) is 0. The van der Waals surface area contributed by atoms with E-state index in [0.29, 0.717) is 35.5 Å². The van der Waals surface area contributed by atoms with Crippen LogP contribution in [0.3, 0.4) is 0 Å². The normalized spacial score (nSPS) is 18.4. The quantitative estimate of drug-likeness (QED) is 0.802. The lowest BCUT2D eigenvalue weighted by molar-refractivity contribution is 0.290. The van der Waals surface area contributed by atoms with Crippen molar-refractivity contribution >= 4 is 21.6 Å². The molecule has 1 aliphatic rings. The molecule has 1 aliphatic heterocycles. The van der Waals surface area contributed by atoms with Crippen molar-refractivity contribution in [2.75, 3.05) is 26.1 Å². The van der Waals surface area contributed by atoms with Crippen LogP contribution in [0.1, 0.15) is 12.8 Å². The van der Waals surface area contributed by atoms with Crippen molar-refractivity contribution in [2.45, 2.75) is 17.7 Å². The van der Waals surface area contributed by atoms with Gasteiger partial charge in [0, 0.05) is 19.0 Å². The van der Waals surface area contributed by atoms with Crippen molar-refractivity contribution in [3.63, 3.8) is 0 Å². The van der Waals surface area contributed by atoms with E-state index in [9.17, 15) is 8.42 Å². The van der Waals surface area contributed by atoms with E-state index in [2.05, 4.69) is 0 Å². The number of methoxy groups -OCH3 is 1. The van der Waals surface area contributed by atoms with E-state index in [1.165, 1.54) is 4.31 Å². The molecule has 1 fully saturated rings. The predicted octanol–water partition coefficient (Wildman–Crippen LogP) is 2.33. The van der Waals surface area contributed by atoms with Crippen LogP contribution in [0.5, 0.6) is 5.75 Å². The first-order chi connectivity index (χ1) is 9.07. The molecule has 1 aromatic carbocycles. The average molecular weight is 304 g/mol. The summed E-state index contributed by atoms with van der Waals surface area (Å²) in [5.74, 6) is 1.69. The standard InChI is InChI=1S/C13H18ClNO3S/c1-18-12-2-4-13(5-3-12)19(16,17)15-8-6-11(10-14)7-9-15/h2-5,11H,6-10H2,1H3. The number of halogens is 1. The van der Waals surface area contributed by atoms with Gasteiger partial charge in [-0.2, -0.15) is 4.31 Å². The number of nitrogens with zero attached hydrogens (tertiary/aromatic N) is 1. The molecule has 0 atom stereocenters. The zero-order valence-corrected chi connectivity index (χ0v) is 12.5. The first-order valence-electron chi connectivity index (χ1n) is 6.28. The second-order valence-corrected chi connectivity index (χ2v) is 6.92. The largest absolute Gasteiger partial charge is 0.497 e. The summed E-state index contributed by atoms with van der Waals surface area (Å²) in [5, 5.41) is 0. The predicted molar refractivity (Wildman–Crippen MR) is 75.2 cm³/mol. The summed E-state index contributed by atoms with van der Waals surface area (Å²) in [6.07, 6.45) is 1.66. The Morgan fingerprint density at radius 1 is 1.26 bits per heavy atom. The van der Waals surface area contributed by atoms with E-state index < -0.39 is 10.0 Å². The van der Waals surface area contributed by atoms with Crippen LogP contribution in [0.4, 0.5) is 0 Å². The highest BCUT2D eigenvalue weighted by atomic mass is 35.5. The molecule has 4 nitrogen and oxygen atoms in total. The van der Waals surface area contributed by atoms with Gasteiger partial charge in [0.05, 0.1) is 12.0 Å². The third-order valence-corrected chi connectivity index (χ3v) is 5.84. The smallest absolute Gasteiger partial charge is 0.243 e. The number of sulfonamides is 1. The summed E-state index contributed by atoms with van der Waals surface area (Å²) >= 11 is 5.81. The fourth-order valence-electron chi connectivity index (χ4n) is 2.20. The van der Waals surface area contributed by atoms with Gasteiger partial charge in [-0.15, -0.1) is 11.6 Å². The molecule has 1 saturated heterocycles. The van der Waals surface area contributed by atoms with E-state index in [1.54, 1.807) is 31.4 Å². The van der Waals surface area contributed by atoms with Gasteiger partial charge < -0.3 is 4.74 Å². The minimum Gasteiger partial charge on any atom is -0.497 e. The van der Waals surface area contributed by atoms with Crippen LogP contribution in [-0.2, 0) is 10.0 Å². The molecule has 19 heavy (non-hydrogen) atoms. The summed E-state index contributed by atoms with van der Waals surface area (Å²) < 4.78 is 31.4. The maximum Gasteiger partial charge on any atom is 0.243 e. The molecular weight excluding hydrogens is 286 g/mol. The molecule has 0 radical (unpaired) electrons. The lowest BCUT2D eigenvalue weighted by Gasteiger charge is -2.30. The topological polar surface area (TPSA) is 46.6 Å². The van der Waals surface area contributed by atoms with E-state index in [-0.39, 0.29) is 0 Å². The van der Waals surface area contributed by atoms with Crippen LogP contribution in [-0.4, -0.2) is 38.8 Å². The molecular formula is C13H18ClNO3S. The molecule has 0 spiro atoms. The van der Waals surface area contributed by atoms with Gasteiger partial charge in [0.2, 0.25) is 10.0 Å². The Morgan fingerprint density at radius 3 is 2.32 bits per heavy atom. The summed E-state index contributed by atoms with van der Waals surface area (Å²) in [7, 11) is -1.83. The fourth-order valence-corrected chi connectivity index (χ4v) is 3.98. The minimum absolute atomic E-state index is 0.317. The minimum atomic E-state index is -3.38. The van der Waals surface area contributed by atoms with E-state index in [4.69, 9.17) is 16.3 Å². The molecule has 1 heterocycles. The van der Waals surface area contributed by atoms with Crippen LogP contribution < -0.4 is 4.74 Å². The van der Waals surface area contributed by atoms with Gasteiger partial charge in [-0.1, -0.05) is 0 Å². The summed E-state index contributed by atoms with van der Waals surface area (Å²) in [4.78, 5) is 0.317. The molecule has 0 aromatic heterocycles. The fraction of sp³-hybridized carbons (Fsp3) is 0.538. The van der Waals surface area contributed by atoms with Gasteiger partial charge in [-0.25, -0.2) is 8.42 Å². The van der Waals surface area contributed by atoms with Crippen molar-refractivity contribution in [1.29, 1.82) is 0 Å². The molecule has 0 amide bonds. The van der Waals surface area contributed by atoms with Crippen LogP contribution in [0, 0.1) is 5.92 Å². The zero-order chi connectivity index (χ0) is 13.9. The zero-order valence-electron chi connectivity index (χ0n) is 10.9. The SMILES string of the molecule is COc1ccc(S(=O)(=O)N2CCC(CCl)CC2)cc1. The lowest BCUT2D eigenvalue weighted by Crippen LogP contribution is -2.38. The molecule has 0 saturated carbocycles. The Labute approximate surface area is 119 Å². The van der Waals surface area contributed by atoms with E-state index in [1.807, 2.05) is 0 Å². The van der Waals surface area contributed by atoms with Gasteiger partial charge in [0.25, 0.3) is 0 Å². The molecule has 0 bridgehead atoms. The second kappa shape index (κ2) is 6.11. The van der Waals surface area contributed by atoms with Crippen LogP contribution >= 0.6 is 11.6 Å². The molecule has 106 valence electrons. The van der Waals surface area contributed by atoms with Crippen LogP contribution in [0.2, 0.25) is 0 Å². The number of hydrogen-bond acceptors (Lipinski definition) is 3. The molecule has 0 unspecified atom stereocenters. The number of piperidine rings is 1. The molecule has 0 aliphatic carbocycles. The van der Waals surface area contributed by atoms with Crippen LogP contribution in [0.15, 0.2) is 29.2 Å². The molecule has 2 rings (SSSR count). The Balaban J connectivity index is 2.13. The highest BCUT2D eigenvalue weighted by Gasteiger charge is 2.28. The summed E-state index contributed by atoms with van der Waals surface area (Å²) in [6, 6.07) is 6.50. The van der Waals surface area contributed by atoms with Gasteiger partial charge in [-0.05, 0) is 43.0 Å². The van der Waals surface area contributed by atoms with Crippen molar-refractivity contribution < 1.29 is 13.2 Å². The Morgan fingerprint density at radius 2 is 1.84 bits per heavy atom. The van der Waals surface area contributed by atoms with Crippen LogP contribution in [0.25, 0.3) is 0 Å². The van der Waals surface area contributed by atoms with Gasteiger partial charge in [0.1, 0.15) is 5.75 Å². The molecule has 6 heteroatoms. The highest BCUT2D eigenvalue weighted by Crippen LogP contribution is 2.25. The third kappa shape index (κ3) is 3.22. The molecule has 0 N–H and O–H groups in total. The van der Waals surface area contributed by atoms with Crippen molar-refractivity contribution in [2.24, 2.45) is 5.92 Å². The Bertz CT molecular complexity index is 507. The van der Waals surface area contributed by atoms with Gasteiger partial charge in [0.15, 0.2) is 0 Å². The molecule has 1 aromatic rings. The summed E-state index contributed by atoms with van der Waals surface area (Å²) in [6.45, 7) is 1.09. The first kappa shape index (κ1) is 14.6. The number of alkyl halides is 1. The van der Waals surface area contributed by atoms with Crippen molar-refractivity contribution in [3.05, 3.63) is 24.3 Å². The number of rotatable bonds is 4. The maximum atomic E-state index is 12.4.